The van der Waals surface area contributed by atoms with Crippen molar-refractivity contribution < 1.29 is 32.2 Å². The highest BCUT2D eigenvalue weighted by atomic mass is 32.2. The monoisotopic (exact) mass is 595 g/mol. The zero-order valence-electron chi connectivity index (χ0n) is 24.1. The quantitative estimate of drug-likeness (QED) is 0.342. The smallest absolute Gasteiger partial charge is 0.261 e. The standard InChI is InChI=1S/C31H37N3O7S/c1-23-4-6-25(7-5-23)20-32-31(36)24(2)34(21-26-8-10-27(39-3)11-9-26)30(35)22-41-28-12-14-29(15-13-28)42(37,38)33-16-18-40-19-17-33/h4-15,24H,16-22H2,1-3H3,(H,32,36)/t24-/m1/s1. The molecule has 0 unspecified atom stereocenters. The summed E-state index contributed by atoms with van der Waals surface area (Å²) in [4.78, 5) is 28.1. The Balaban J connectivity index is 1.42. The van der Waals surface area contributed by atoms with Crippen molar-refractivity contribution in [3.8, 4) is 11.5 Å². The summed E-state index contributed by atoms with van der Waals surface area (Å²) in [6.45, 7) is 5.18. The lowest BCUT2D eigenvalue weighted by Gasteiger charge is -2.29. The van der Waals surface area contributed by atoms with Gasteiger partial charge in [0.2, 0.25) is 15.9 Å². The first-order valence-electron chi connectivity index (χ1n) is 13.7. The third kappa shape index (κ3) is 8.09. The van der Waals surface area contributed by atoms with E-state index >= 15 is 0 Å². The molecule has 11 heteroatoms. The Morgan fingerprint density at radius 2 is 1.52 bits per heavy atom. The molecule has 4 rings (SSSR count). The number of ether oxygens (including phenoxy) is 3. The second-order valence-electron chi connectivity index (χ2n) is 10.0. The van der Waals surface area contributed by atoms with Crippen LogP contribution in [-0.4, -0.2) is 75.5 Å². The van der Waals surface area contributed by atoms with Crippen LogP contribution in [0.4, 0.5) is 0 Å². The maximum Gasteiger partial charge on any atom is 0.261 e. The number of aryl methyl sites for hydroxylation is 1. The molecule has 224 valence electrons. The van der Waals surface area contributed by atoms with E-state index in [1.54, 1.807) is 26.2 Å². The molecule has 42 heavy (non-hydrogen) atoms. The van der Waals surface area contributed by atoms with Crippen molar-refractivity contribution in [2.24, 2.45) is 0 Å². The van der Waals surface area contributed by atoms with Gasteiger partial charge in [0, 0.05) is 26.2 Å². The van der Waals surface area contributed by atoms with Gasteiger partial charge in [-0.15, -0.1) is 0 Å². The van der Waals surface area contributed by atoms with Gasteiger partial charge in [0.15, 0.2) is 6.61 Å². The fourth-order valence-electron chi connectivity index (χ4n) is 4.42. The number of hydrogen-bond donors (Lipinski definition) is 1. The van der Waals surface area contributed by atoms with E-state index in [0.717, 1.165) is 16.7 Å². The summed E-state index contributed by atoms with van der Waals surface area (Å²) in [5, 5.41) is 2.92. The molecule has 0 bridgehead atoms. The lowest BCUT2D eigenvalue weighted by atomic mass is 10.1. The average Bonchev–Trinajstić information content (AvgIpc) is 3.02. The van der Waals surface area contributed by atoms with E-state index in [2.05, 4.69) is 5.32 Å². The zero-order chi connectivity index (χ0) is 30.1. The van der Waals surface area contributed by atoms with Crippen LogP contribution in [0.1, 0.15) is 23.6 Å². The number of amides is 2. The minimum atomic E-state index is -3.64. The normalized spacial score (nSPS) is 14.5. The van der Waals surface area contributed by atoms with Gasteiger partial charge in [-0.05, 0) is 61.4 Å². The van der Waals surface area contributed by atoms with Gasteiger partial charge in [-0.3, -0.25) is 9.59 Å². The Bertz CT molecular complexity index is 1440. The molecule has 3 aromatic carbocycles. The number of carbonyl (C=O) groups is 2. The molecule has 0 radical (unpaired) electrons. The first-order chi connectivity index (χ1) is 20.2. The molecule has 0 spiro atoms. The molecule has 10 nitrogen and oxygen atoms in total. The van der Waals surface area contributed by atoms with Gasteiger partial charge in [-0.25, -0.2) is 8.42 Å². The first-order valence-corrected chi connectivity index (χ1v) is 15.2. The van der Waals surface area contributed by atoms with E-state index in [-0.39, 0.29) is 24.0 Å². The van der Waals surface area contributed by atoms with Crippen molar-refractivity contribution in [1.82, 2.24) is 14.5 Å². The van der Waals surface area contributed by atoms with E-state index in [1.807, 2.05) is 43.3 Å². The van der Waals surface area contributed by atoms with Gasteiger partial charge in [-0.1, -0.05) is 42.0 Å². The van der Waals surface area contributed by atoms with Crippen LogP contribution in [-0.2, 0) is 37.4 Å². The van der Waals surface area contributed by atoms with Crippen LogP contribution in [0.5, 0.6) is 11.5 Å². The van der Waals surface area contributed by atoms with E-state index in [9.17, 15) is 18.0 Å². The molecule has 0 aliphatic carbocycles. The number of rotatable bonds is 12. The number of nitrogens with zero attached hydrogens (tertiary/aromatic N) is 2. The Morgan fingerprint density at radius 3 is 2.14 bits per heavy atom. The van der Waals surface area contributed by atoms with E-state index < -0.39 is 22.0 Å². The molecule has 1 atom stereocenters. The van der Waals surface area contributed by atoms with E-state index in [1.165, 1.54) is 33.5 Å². The van der Waals surface area contributed by atoms with Crippen molar-refractivity contribution in [2.75, 3.05) is 40.0 Å². The van der Waals surface area contributed by atoms with Crippen LogP contribution in [0.2, 0.25) is 0 Å². The second kappa shape index (κ2) is 14.3. The van der Waals surface area contributed by atoms with Crippen LogP contribution in [0, 0.1) is 6.92 Å². The number of hydrogen-bond acceptors (Lipinski definition) is 7. The highest BCUT2D eigenvalue weighted by Gasteiger charge is 2.28. The van der Waals surface area contributed by atoms with Crippen molar-refractivity contribution in [2.45, 2.75) is 37.9 Å². The molecule has 1 aliphatic heterocycles. The zero-order valence-corrected chi connectivity index (χ0v) is 24.9. The van der Waals surface area contributed by atoms with Crippen molar-refractivity contribution in [3.05, 3.63) is 89.5 Å². The van der Waals surface area contributed by atoms with Crippen molar-refractivity contribution >= 4 is 21.8 Å². The molecule has 3 aromatic rings. The molecule has 1 N–H and O–H groups in total. The molecular weight excluding hydrogens is 558 g/mol. The van der Waals surface area contributed by atoms with Gasteiger partial charge in [-0.2, -0.15) is 4.31 Å². The van der Waals surface area contributed by atoms with Gasteiger partial charge in [0.25, 0.3) is 5.91 Å². The van der Waals surface area contributed by atoms with Gasteiger partial charge in [0.05, 0.1) is 25.2 Å². The molecule has 1 fully saturated rings. The van der Waals surface area contributed by atoms with Crippen LogP contribution >= 0.6 is 0 Å². The minimum Gasteiger partial charge on any atom is -0.497 e. The Hall–Kier alpha value is -3.93. The van der Waals surface area contributed by atoms with Crippen LogP contribution in [0.25, 0.3) is 0 Å². The molecular formula is C31H37N3O7S. The first kappa shape index (κ1) is 31.0. The summed E-state index contributed by atoms with van der Waals surface area (Å²) < 4.78 is 43.4. The fourth-order valence-corrected chi connectivity index (χ4v) is 5.83. The maximum absolute atomic E-state index is 13.4. The molecule has 0 saturated carbocycles. The lowest BCUT2D eigenvalue weighted by molar-refractivity contribution is -0.142. The van der Waals surface area contributed by atoms with E-state index in [0.29, 0.717) is 44.3 Å². The number of benzene rings is 3. The molecule has 1 saturated heterocycles. The largest absolute Gasteiger partial charge is 0.497 e. The third-order valence-corrected chi connectivity index (χ3v) is 8.97. The summed E-state index contributed by atoms with van der Waals surface area (Å²) in [6.07, 6.45) is 0. The average molecular weight is 596 g/mol. The minimum absolute atomic E-state index is 0.142. The topological polar surface area (TPSA) is 114 Å². The summed E-state index contributed by atoms with van der Waals surface area (Å²) in [7, 11) is -2.07. The Kier molecular flexibility index (Phi) is 10.6. The van der Waals surface area contributed by atoms with Crippen molar-refractivity contribution in [3.63, 3.8) is 0 Å². The van der Waals surface area contributed by atoms with Crippen LogP contribution in [0.15, 0.2) is 77.7 Å². The maximum atomic E-state index is 13.4. The van der Waals surface area contributed by atoms with Gasteiger partial charge >= 0.3 is 0 Å². The third-order valence-electron chi connectivity index (χ3n) is 7.06. The van der Waals surface area contributed by atoms with Crippen LogP contribution in [0.3, 0.4) is 0 Å². The second-order valence-corrected chi connectivity index (χ2v) is 12.0. The Morgan fingerprint density at radius 1 is 0.929 bits per heavy atom. The molecule has 1 aliphatic rings. The molecule has 0 aromatic heterocycles. The van der Waals surface area contributed by atoms with Crippen molar-refractivity contribution in [1.29, 1.82) is 0 Å². The summed E-state index contributed by atoms with van der Waals surface area (Å²) >= 11 is 0. The highest BCUT2D eigenvalue weighted by Crippen LogP contribution is 2.21. The number of morpholine rings is 1. The lowest BCUT2D eigenvalue weighted by Crippen LogP contribution is -2.48. The Labute approximate surface area is 247 Å². The van der Waals surface area contributed by atoms with Gasteiger partial charge < -0.3 is 24.4 Å². The predicted octanol–water partition coefficient (Wildman–Crippen LogP) is 3.14. The molecule has 2 amide bonds. The fraction of sp³-hybridized carbons (Fsp3) is 0.355. The SMILES string of the molecule is COc1ccc(CN(C(=O)COc2ccc(S(=O)(=O)N3CCOCC3)cc2)[C@H](C)C(=O)NCc2ccc(C)cc2)cc1. The number of sulfonamides is 1. The number of nitrogens with one attached hydrogen (secondary N) is 1. The predicted molar refractivity (Wildman–Crippen MR) is 158 cm³/mol. The summed E-state index contributed by atoms with van der Waals surface area (Å²) in [6, 6.07) is 20.3. The highest BCUT2D eigenvalue weighted by molar-refractivity contribution is 7.89. The van der Waals surface area contributed by atoms with Crippen LogP contribution < -0.4 is 14.8 Å². The van der Waals surface area contributed by atoms with Gasteiger partial charge in [0.1, 0.15) is 17.5 Å². The summed E-state index contributed by atoms with van der Waals surface area (Å²) in [5.41, 5.74) is 2.90. The van der Waals surface area contributed by atoms with E-state index in [4.69, 9.17) is 14.2 Å². The number of carbonyl (C=O) groups excluding carboxylic acids is 2. The molecule has 1 heterocycles. The summed E-state index contributed by atoms with van der Waals surface area (Å²) in [5.74, 6) is 0.331. The number of methoxy groups -OCH3 is 1.